The minimum atomic E-state index is -3.64. The first-order chi connectivity index (χ1) is 38.7. The average Bonchev–Trinajstić information content (AvgIpc) is 4.06. The molecular formula is C61H64Cl2N12O4S. The van der Waals surface area contributed by atoms with Gasteiger partial charge in [-0.1, -0.05) is 71.7 Å². The summed E-state index contributed by atoms with van der Waals surface area (Å²) in [6.45, 7) is 8.23. The number of aromatic nitrogens is 6. The number of nitrogens with one attached hydrogen (secondary N) is 3. The van der Waals surface area contributed by atoms with Crippen molar-refractivity contribution in [2.75, 3.05) is 56.2 Å². The van der Waals surface area contributed by atoms with Gasteiger partial charge in [0.2, 0.25) is 21.8 Å². The highest BCUT2D eigenvalue weighted by molar-refractivity contribution is 7.88. The lowest BCUT2D eigenvalue weighted by atomic mass is 9.95. The van der Waals surface area contributed by atoms with Crippen LogP contribution in [0.5, 0.6) is 0 Å². The number of imidazole rings is 2. The number of piperazine rings is 2. The molecule has 0 radical (unpaired) electrons. The molecule has 3 N–H and O–H groups in total. The summed E-state index contributed by atoms with van der Waals surface area (Å²) in [5, 5.41) is 11.0. The number of pyridine rings is 2. The van der Waals surface area contributed by atoms with Gasteiger partial charge in [-0.05, 0) is 145 Å². The molecule has 16 nitrogen and oxygen atoms in total. The minimum Gasteiger partial charge on any atom is -0.333 e. The Hall–Kier alpha value is -7.09. The highest BCUT2D eigenvalue weighted by atomic mass is 35.5. The fourth-order valence-corrected chi connectivity index (χ4v) is 13.2. The van der Waals surface area contributed by atoms with Crippen LogP contribution in [0, 0.1) is 13.8 Å². The maximum atomic E-state index is 13.8. The third-order valence-electron chi connectivity index (χ3n) is 15.5. The third-order valence-corrected chi connectivity index (χ3v) is 17.2. The van der Waals surface area contributed by atoms with Crippen LogP contribution in [0.15, 0.2) is 147 Å². The molecule has 4 unspecified atom stereocenters. The van der Waals surface area contributed by atoms with Crippen LogP contribution in [0.2, 0.25) is 10.0 Å². The van der Waals surface area contributed by atoms with E-state index in [0.717, 1.165) is 106 Å². The predicted octanol–water partition coefficient (Wildman–Crippen LogP) is 8.45. The van der Waals surface area contributed by atoms with Gasteiger partial charge in [-0.3, -0.25) is 29.4 Å². The van der Waals surface area contributed by atoms with E-state index in [2.05, 4.69) is 66.0 Å². The summed E-state index contributed by atoms with van der Waals surface area (Å²) in [7, 11) is -3.64. The number of halogens is 2. The van der Waals surface area contributed by atoms with E-state index in [1.165, 1.54) is 21.0 Å². The maximum Gasteiger partial charge on any atom is 0.244 e. The van der Waals surface area contributed by atoms with E-state index in [-0.39, 0.29) is 43.0 Å². The molecule has 2 aliphatic heterocycles. The second-order valence-corrected chi connectivity index (χ2v) is 24.0. The molecule has 4 aromatic carbocycles. The van der Waals surface area contributed by atoms with Gasteiger partial charge < -0.3 is 25.1 Å². The number of fused-ring (bicyclic) bond motifs is 4. The Morgan fingerprint density at radius 2 is 1.11 bits per heavy atom. The molecule has 12 rings (SSSR count). The van der Waals surface area contributed by atoms with Crippen molar-refractivity contribution < 1.29 is 18.0 Å². The standard InChI is InChI=1S/C31H33ClN6O3S.C30H31ClN6O/c1-21-17-36(20-34-21)18-22-5-3-7-26(15-22)35-31(39)28-19-37(13-14-38(28)42(2,40)41)30-27-11-10-25(32)16-24(27)9-8-23-6-4-12-33-29(23)30;1-20-16-36(19-34-20)17-21-4-2-6-25(14-21)35-30(38)27-18-37(13-12-32-27)29-26-10-9-24(31)15-23(26)8-7-22-5-3-11-33-28(22)29/h3-7,10-12,15-17,20,28,30H,8-9,13-14,18-19H2,1-2H3,(H,35,39);2-6,9-11,14-16,19,27,29,32H,7-8,12-13,17-18H2,1H3,(H,35,38). The second-order valence-electron chi connectivity index (χ2n) is 21.2. The number of hydrogen-bond donors (Lipinski definition) is 3. The van der Waals surface area contributed by atoms with Crippen LogP contribution in [0.3, 0.4) is 0 Å². The Morgan fingerprint density at radius 1 is 0.600 bits per heavy atom. The largest absolute Gasteiger partial charge is 0.333 e. The quantitative estimate of drug-likeness (QED) is 0.113. The predicted molar refractivity (Wildman–Crippen MR) is 312 cm³/mol. The summed E-state index contributed by atoms with van der Waals surface area (Å²) in [5.41, 5.74) is 14.6. The normalized spacial score (nSPS) is 19.4. The zero-order valence-electron chi connectivity index (χ0n) is 45.0. The van der Waals surface area contributed by atoms with Crippen molar-refractivity contribution >= 4 is 56.4 Å². The van der Waals surface area contributed by atoms with Crippen LogP contribution in [-0.4, -0.2) is 121 Å². The van der Waals surface area contributed by atoms with Crippen molar-refractivity contribution in [1.29, 1.82) is 0 Å². The molecule has 2 saturated heterocycles. The second kappa shape index (κ2) is 23.9. The molecule has 2 amide bonds. The third kappa shape index (κ3) is 12.6. The van der Waals surface area contributed by atoms with Gasteiger partial charge in [-0.2, -0.15) is 4.31 Å². The van der Waals surface area contributed by atoms with E-state index in [1.54, 1.807) is 12.5 Å². The monoisotopic (exact) mass is 1130 g/mol. The first-order valence-corrected chi connectivity index (χ1v) is 29.7. The van der Waals surface area contributed by atoms with E-state index >= 15 is 0 Å². The van der Waals surface area contributed by atoms with Crippen LogP contribution in [-0.2, 0) is 58.4 Å². The van der Waals surface area contributed by atoms with E-state index in [9.17, 15) is 18.0 Å². The van der Waals surface area contributed by atoms with Gasteiger partial charge >= 0.3 is 0 Å². The SMILES string of the molecule is Cc1cn(Cc2cccc(NC(=O)C3CN(C4c5ccc(Cl)cc5CCc5cccnc54)CCN3)c2)cn1.Cc1cn(Cc2cccc(NC(=O)C3CN(C4c5ccc(Cl)cc5CCc5cccnc54)CCN3S(C)(=O)=O)c2)cn1. The summed E-state index contributed by atoms with van der Waals surface area (Å²) >= 11 is 12.8. The first-order valence-electron chi connectivity index (χ1n) is 27.1. The number of carbonyl (C=O) groups is 2. The van der Waals surface area contributed by atoms with Gasteiger partial charge in [0.1, 0.15) is 6.04 Å². The molecule has 80 heavy (non-hydrogen) atoms. The van der Waals surface area contributed by atoms with Crippen molar-refractivity contribution in [2.24, 2.45) is 0 Å². The Bertz CT molecular complexity index is 3680. The fraction of sp³-hybridized carbons (Fsp3) is 0.311. The first kappa shape index (κ1) is 54.8. The molecule has 4 aromatic heterocycles. The van der Waals surface area contributed by atoms with Crippen molar-refractivity contribution in [3.63, 3.8) is 0 Å². The summed E-state index contributed by atoms with van der Waals surface area (Å²) in [4.78, 5) is 50.0. The molecule has 8 aromatic rings. The van der Waals surface area contributed by atoms with Crippen LogP contribution in [0.1, 0.15) is 79.4 Å². The highest BCUT2D eigenvalue weighted by Gasteiger charge is 2.42. The lowest BCUT2D eigenvalue weighted by Crippen LogP contribution is -2.59. The molecular weight excluding hydrogens is 1070 g/mol. The summed E-state index contributed by atoms with van der Waals surface area (Å²) in [6.07, 6.45) is 15.9. The molecule has 4 atom stereocenters. The van der Waals surface area contributed by atoms with Gasteiger partial charge in [0.05, 0.1) is 59.8 Å². The van der Waals surface area contributed by atoms with Crippen molar-refractivity contribution in [2.45, 2.75) is 76.8 Å². The molecule has 6 heterocycles. The van der Waals surface area contributed by atoms with E-state index in [4.69, 9.17) is 33.2 Å². The van der Waals surface area contributed by atoms with Crippen molar-refractivity contribution in [1.82, 2.24) is 48.5 Å². The molecule has 2 fully saturated rings. The highest BCUT2D eigenvalue weighted by Crippen LogP contribution is 2.40. The zero-order valence-corrected chi connectivity index (χ0v) is 47.3. The molecule has 19 heteroatoms. The number of benzene rings is 4. The number of aryl methyl sites for hydroxylation is 6. The van der Waals surface area contributed by atoms with Crippen molar-refractivity contribution in [3.8, 4) is 0 Å². The lowest BCUT2D eigenvalue weighted by Gasteiger charge is -2.42. The number of rotatable bonds is 11. The molecule has 412 valence electrons. The number of anilines is 2. The van der Waals surface area contributed by atoms with E-state index in [1.807, 2.05) is 127 Å². The van der Waals surface area contributed by atoms with Crippen LogP contribution in [0.25, 0.3) is 0 Å². The van der Waals surface area contributed by atoms with Crippen LogP contribution < -0.4 is 16.0 Å². The molecule has 2 aliphatic carbocycles. The molecule has 4 aliphatic rings. The maximum absolute atomic E-state index is 13.8. The number of carbonyl (C=O) groups excluding carboxylic acids is 2. The Balaban J connectivity index is 0.000000170. The van der Waals surface area contributed by atoms with Gasteiger partial charge in [0.25, 0.3) is 0 Å². The number of nitrogens with zero attached hydrogens (tertiary/aromatic N) is 9. The number of amides is 2. The topological polar surface area (TPSA) is 176 Å². The number of sulfonamides is 1. The Morgan fingerprint density at radius 3 is 1.62 bits per heavy atom. The fourth-order valence-electron chi connectivity index (χ4n) is 11.8. The zero-order chi connectivity index (χ0) is 55.5. The van der Waals surface area contributed by atoms with Crippen molar-refractivity contribution in [3.05, 3.63) is 224 Å². The Kier molecular flexibility index (Phi) is 16.4. The van der Waals surface area contributed by atoms with Gasteiger partial charge in [-0.15, -0.1) is 0 Å². The van der Waals surface area contributed by atoms with Crippen LogP contribution >= 0.6 is 23.2 Å². The van der Waals surface area contributed by atoms with Crippen LogP contribution in [0.4, 0.5) is 11.4 Å². The van der Waals surface area contributed by atoms with E-state index < -0.39 is 16.1 Å². The summed E-state index contributed by atoms with van der Waals surface area (Å²) in [6, 6.07) is 34.4. The van der Waals surface area contributed by atoms with Gasteiger partial charge in [0.15, 0.2) is 0 Å². The molecule has 0 saturated carbocycles. The Labute approximate surface area is 477 Å². The van der Waals surface area contributed by atoms with Gasteiger partial charge in [-0.25, -0.2) is 18.4 Å². The number of hydrogen-bond acceptors (Lipinski definition) is 11. The molecule has 0 bridgehead atoms. The summed E-state index contributed by atoms with van der Waals surface area (Å²) in [5.74, 6) is -0.400. The lowest BCUT2D eigenvalue weighted by molar-refractivity contribution is -0.121. The smallest absolute Gasteiger partial charge is 0.244 e. The average molecular weight is 1130 g/mol. The minimum absolute atomic E-state index is 0.0136. The van der Waals surface area contributed by atoms with Gasteiger partial charge in [0, 0.05) is 98.6 Å². The molecule has 0 spiro atoms. The summed E-state index contributed by atoms with van der Waals surface area (Å²) < 4.78 is 31.1. The van der Waals surface area contributed by atoms with E-state index in [0.29, 0.717) is 36.9 Å².